The molecule has 108 valence electrons. The van der Waals surface area contributed by atoms with Crippen LogP contribution in [-0.4, -0.2) is 61.6 Å². The number of nitrogens with zero attached hydrogens (tertiary/aromatic N) is 4. The van der Waals surface area contributed by atoms with Crippen molar-refractivity contribution < 1.29 is 14.9 Å². The van der Waals surface area contributed by atoms with Gasteiger partial charge < -0.3 is 26.0 Å². The van der Waals surface area contributed by atoms with Crippen LogP contribution in [0.15, 0.2) is 12.7 Å². The molecule has 3 rings (SSSR count). The van der Waals surface area contributed by atoms with E-state index >= 15 is 0 Å². The number of ether oxygens (including phenoxy) is 1. The van der Waals surface area contributed by atoms with Crippen LogP contribution in [0.3, 0.4) is 0 Å². The number of nitrogen functional groups attached to an aromatic ring is 1. The second-order valence-corrected chi connectivity index (χ2v) is 4.64. The first-order valence-corrected chi connectivity index (χ1v) is 6.22. The molecule has 4 atom stereocenters. The van der Waals surface area contributed by atoms with Crippen molar-refractivity contribution in [3.63, 3.8) is 0 Å². The van der Waals surface area contributed by atoms with Crippen molar-refractivity contribution in [2.45, 2.75) is 24.5 Å². The second-order valence-electron chi connectivity index (χ2n) is 4.64. The van der Waals surface area contributed by atoms with Crippen LogP contribution in [0.5, 0.6) is 0 Å². The van der Waals surface area contributed by atoms with Gasteiger partial charge >= 0.3 is 0 Å². The zero-order valence-corrected chi connectivity index (χ0v) is 10.8. The summed E-state index contributed by atoms with van der Waals surface area (Å²) < 4.78 is 7.35. The van der Waals surface area contributed by atoms with Crippen LogP contribution in [0.1, 0.15) is 6.23 Å². The molecular formula is C11H16N6O3. The molecule has 0 aliphatic carbocycles. The Morgan fingerprint density at radius 1 is 1.45 bits per heavy atom. The standard InChI is InChI=1S/C11H16N6O3/c1-13-6-8(19)5(2-18)20-11(6)17-4-16-7-9(12)14-3-15-10(7)17/h3-6,8,11,13,18-19H,2H2,1H3,(H2,12,14,15)/t5-,6?,8-,11-/m1/s1. The highest BCUT2D eigenvalue weighted by atomic mass is 16.5. The molecular weight excluding hydrogens is 264 g/mol. The second kappa shape index (κ2) is 4.94. The molecule has 9 heteroatoms. The largest absolute Gasteiger partial charge is 0.394 e. The summed E-state index contributed by atoms with van der Waals surface area (Å²) in [4.78, 5) is 12.2. The third-order valence-electron chi connectivity index (χ3n) is 3.54. The predicted molar refractivity (Wildman–Crippen MR) is 69.6 cm³/mol. The molecule has 3 heterocycles. The summed E-state index contributed by atoms with van der Waals surface area (Å²) in [5.41, 5.74) is 6.74. The van der Waals surface area contributed by atoms with E-state index < -0.39 is 18.4 Å². The quantitative estimate of drug-likeness (QED) is 0.520. The molecule has 0 bridgehead atoms. The van der Waals surface area contributed by atoms with Crippen LogP contribution in [0.25, 0.3) is 11.2 Å². The Kier molecular flexibility index (Phi) is 3.26. The van der Waals surface area contributed by atoms with Gasteiger partial charge in [0.2, 0.25) is 0 Å². The van der Waals surface area contributed by atoms with Crippen molar-refractivity contribution in [1.82, 2.24) is 24.8 Å². The maximum absolute atomic E-state index is 10.1. The number of aliphatic hydroxyl groups is 2. The minimum atomic E-state index is -0.827. The summed E-state index contributed by atoms with van der Waals surface area (Å²) in [5, 5.41) is 22.3. The molecule has 0 aromatic carbocycles. The number of imidazole rings is 1. The number of aromatic nitrogens is 4. The summed E-state index contributed by atoms with van der Waals surface area (Å²) in [6.45, 7) is -0.264. The molecule has 0 saturated carbocycles. The molecule has 1 aliphatic rings. The van der Waals surface area contributed by atoms with Gasteiger partial charge in [-0.15, -0.1) is 0 Å². The van der Waals surface area contributed by atoms with Crippen LogP contribution in [0.4, 0.5) is 5.82 Å². The maximum Gasteiger partial charge on any atom is 0.167 e. The van der Waals surface area contributed by atoms with Gasteiger partial charge in [-0.05, 0) is 7.05 Å². The molecule has 2 aromatic heterocycles. The fourth-order valence-corrected chi connectivity index (χ4v) is 2.50. The zero-order valence-electron chi connectivity index (χ0n) is 10.8. The van der Waals surface area contributed by atoms with Gasteiger partial charge in [0.05, 0.1) is 19.0 Å². The van der Waals surface area contributed by atoms with E-state index in [2.05, 4.69) is 20.3 Å². The van der Waals surface area contributed by atoms with Gasteiger partial charge in [-0.3, -0.25) is 4.57 Å². The Hall–Kier alpha value is -1.81. The van der Waals surface area contributed by atoms with E-state index in [0.717, 1.165) is 0 Å². The van der Waals surface area contributed by atoms with Gasteiger partial charge in [0.1, 0.15) is 24.1 Å². The first kappa shape index (κ1) is 13.2. The first-order valence-electron chi connectivity index (χ1n) is 6.22. The summed E-state index contributed by atoms with van der Waals surface area (Å²) in [5.74, 6) is 0.284. The molecule has 0 radical (unpaired) electrons. The van der Waals surface area contributed by atoms with Crippen molar-refractivity contribution in [3.8, 4) is 0 Å². The molecule has 1 fully saturated rings. The highest BCUT2D eigenvalue weighted by Gasteiger charge is 2.44. The molecule has 1 saturated heterocycles. The lowest BCUT2D eigenvalue weighted by molar-refractivity contribution is -0.0440. The first-order chi connectivity index (χ1) is 9.67. The third-order valence-corrected chi connectivity index (χ3v) is 3.54. The fourth-order valence-electron chi connectivity index (χ4n) is 2.50. The van der Waals surface area contributed by atoms with Gasteiger partial charge in [0.15, 0.2) is 17.7 Å². The normalized spacial score (nSPS) is 30.1. The summed E-state index contributed by atoms with van der Waals surface area (Å²) in [7, 11) is 1.71. The summed E-state index contributed by atoms with van der Waals surface area (Å²) in [6, 6.07) is -0.388. The van der Waals surface area contributed by atoms with Crippen LogP contribution < -0.4 is 11.1 Å². The molecule has 1 unspecified atom stereocenters. The Bertz CT molecular complexity index is 617. The Labute approximate surface area is 114 Å². The number of likely N-dealkylation sites (N-methyl/N-ethyl adjacent to an activating group) is 1. The molecule has 0 spiro atoms. The molecule has 5 N–H and O–H groups in total. The topological polar surface area (TPSA) is 131 Å². The van der Waals surface area contributed by atoms with Gasteiger partial charge in [-0.1, -0.05) is 0 Å². The maximum atomic E-state index is 10.1. The minimum Gasteiger partial charge on any atom is -0.394 e. The lowest BCUT2D eigenvalue weighted by Crippen LogP contribution is -2.42. The number of hydrogen-bond donors (Lipinski definition) is 4. The lowest BCUT2D eigenvalue weighted by Gasteiger charge is -2.20. The fraction of sp³-hybridized carbons (Fsp3) is 0.545. The Morgan fingerprint density at radius 3 is 2.95 bits per heavy atom. The molecule has 20 heavy (non-hydrogen) atoms. The van der Waals surface area contributed by atoms with E-state index in [-0.39, 0.29) is 18.5 Å². The SMILES string of the molecule is CNC1[C@H](n2cnc3c(N)ncnc32)O[C@H](CO)[C@H]1O. The molecule has 9 nitrogen and oxygen atoms in total. The number of rotatable bonds is 3. The third kappa shape index (κ3) is 1.83. The van der Waals surface area contributed by atoms with Gasteiger partial charge in [0, 0.05) is 0 Å². The van der Waals surface area contributed by atoms with Crippen molar-refractivity contribution in [3.05, 3.63) is 12.7 Å². The number of hydrogen-bond acceptors (Lipinski definition) is 8. The van der Waals surface area contributed by atoms with Crippen molar-refractivity contribution >= 4 is 17.0 Å². The van der Waals surface area contributed by atoms with Gasteiger partial charge in [-0.25, -0.2) is 15.0 Å². The van der Waals surface area contributed by atoms with E-state index in [4.69, 9.17) is 10.5 Å². The van der Waals surface area contributed by atoms with Gasteiger partial charge in [-0.2, -0.15) is 0 Å². The van der Waals surface area contributed by atoms with Crippen LogP contribution in [0.2, 0.25) is 0 Å². The summed E-state index contributed by atoms with van der Waals surface area (Å²) in [6.07, 6.45) is 0.864. The molecule has 0 amide bonds. The minimum absolute atomic E-state index is 0.264. The van der Waals surface area contributed by atoms with E-state index in [1.165, 1.54) is 12.7 Å². The smallest absolute Gasteiger partial charge is 0.167 e. The lowest BCUT2D eigenvalue weighted by atomic mass is 10.1. The number of anilines is 1. The number of nitrogens with two attached hydrogens (primary N) is 1. The van der Waals surface area contributed by atoms with E-state index in [1.54, 1.807) is 11.6 Å². The predicted octanol–water partition coefficient (Wildman–Crippen LogP) is -1.75. The molecule has 1 aliphatic heterocycles. The van der Waals surface area contributed by atoms with Crippen LogP contribution >= 0.6 is 0 Å². The van der Waals surface area contributed by atoms with E-state index in [0.29, 0.717) is 11.2 Å². The highest BCUT2D eigenvalue weighted by molar-refractivity contribution is 5.81. The molecule has 2 aromatic rings. The van der Waals surface area contributed by atoms with Crippen LogP contribution in [0, 0.1) is 0 Å². The summed E-state index contributed by atoms with van der Waals surface area (Å²) >= 11 is 0. The van der Waals surface area contributed by atoms with Crippen molar-refractivity contribution in [1.29, 1.82) is 0 Å². The number of nitrogens with one attached hydrogen (secondary N) is 1. The Morgan fingerprint density at radius 2 is 2.25 bits per heavy atom. The van der Waals surface area contributed by atoms with Crippen LogP contribution in [-0.2, 0) is 4.74 Å². The van der Waals surface area contributed by atoms with Gasteiger partial charge in [0.25, 0.3) is 0 Å². The number of aliphatic hydroxyl groups excluding tert-OH is 2. The van der Waals surface area contributed by atoms with E-state index in [9.17, 15) is 10.2 Å². The average Bonchev–Trinajstić information content (AvgIpc) is 3.00. The number of fused-ring (bicyclic) bond motifs is 1. The highest BCUT2D eigenvalue weighted by Crippen LogP contribution is 2.31. The zero-order chi connectivity index (χ0) is 14.3. The average molecular weight is 280 g/mol. The van der Waals surface area contributed by atoms with E-state index in [1.807, 2.05) is 0 Å². The van der Waals surface area contributed by atoms with Crippen molar-refractivity contribution in [2.24, 2.45) is 0 Å². The Balaban J connectivity index is 2.04. The monoisotopic (exact) mass is 280 g/mol. The van der Waals surface area contributed by atoms with Crippen molar-refractivity contribution in [2.75, 3.05) is 19.4 Å².